The lowest BCUT2D eigenvalue weighted by atomic mass is 9.96. The summed E-state index contributed by atoms with van der Waals surface area (Å²) in [6.07, 6.45) is 2.85. The Kier molecular flexibility index (Phi) is 11.1. The molecular formula is C19H31ClN2O3. The molecule has 0 saturated carbocycles. The number of rotatable bonds is 10. The van der Waals surface area contributed by atoms with Crippen molar-refractivity contribution in [1.29, 1.82) is 0 Å². The van der Waals surface area contributed by atoms with E-state index in [1.54, 1.807) is 6.92 Å². The van der Waals surface area contributed by atoms with Crippen molar-refractivity contribution in [2.75, 3.05) is 6.54 Å². The maximum absolute atomic E-state index is 12.4. The highest BCUT2D eigenvalue weighted by Crippen LogP contribution is 2.18. The zero-order valence-corrected chi connectivity index (χ0v) is 16.1. The average molecular weight is 371 g/mol. The van der Waals surface area contributed by atoms with Gasteiger partial charge in [0.25, 0.3) is 0 Å². The second-order valence-corrected chi connectivity index (χ2v) is 6.75. The lowest BCUT2D eigenvalue weighted by Gasteiger charge is -2.18. The van der Waals surface area contributed by atoms with Crippen LogP contribution in [0.4, 0.5) is 0 Å². The van der Waals surface area contributed by atoms with Crippen molar-refractivity contribution in [2.24, 2.45) is 11.7 Å². The number of aliphatic carboxylic acids is 1. The Balaban J connectivity index is 0.00000576. The molecule has 0 aliphatic carbocycles. The first kappa shape index (κ1) is 23.4. The van der Waals surface area contributed by atoms with Crippen LogP contribution in [0.3, 0.4) is 0 Å². The van der Waals surface area contributed by atoms with Crippen LogP contribution in [-0.4, -0.2) is 29.6 Å². The topological polar surface area (TPSA) is 92.4 Å². The van der Waals surface area contributed by atoms with Gasteiger partial charge in [0.05, 0.1) is 5.92 Å². The molecule has 1 amide bonds. The van der Waals surface area contributed by atoms with Crippen molar-refractivity contribution < 1.29 is 14.7 Å². The van der Waals surface area contributed by atoms with Crippen LogP contribution in [0.25, 0.3) is 0 Å². The molecule has 0 saturated heterocycles. The van der Waals surface area contributed by atoms with E-state index >= 15 is 0 Å². The molecule has 4 N–H and O–H groups in total. The zero-order valence-electron chi connectivity index (χ0n) is 15.3. The summed E-state index contributed by atoms with van der Waals surface area (Å²) in [6.45, 7) is 6.66. The average Bonchev–Trinajstić information content (AvgIpc) is 2.53. The molecule has 0 bridgehead atoms. The van der Waals surface area contributed by atoms with Crippen LogP contribution >= 0.6 is 12.4 Å². The first-order valence-corrected chi connectivity index (χ1v) is 8.67. The number of amides is 1. The van der Waals surface area contributed by atoms with Crippen molar-refractivity contribution in [3.8, 4) is 0 Å². The number of carboxylic acid groups (broad SMARTS) is 1. The van der Waals surface area contributed by atoms with Crippen molar-refractivity contribution in [3.63, 3.8) is 0 Å². The van der Waals surface area contributed by atoms with Crippen LogP contribution in [0.2, 0.25) is 0 Å². The van der Waals surface area contributed by atoms with Crippen LogP contribution in [-0.2, 0) is 16.0 Å². The van der Waals surface area contributed by atoms with Gasteiger partial charge in [-0.05, 0) is 56.2 Å². The maximum Gasteiger partial charge on any atom is 0.326 e. The first-order chi connectivity index (χ1) is 11.3. The Morgan fingerprint density at radius 1 is 1.12 bits per heavy atom. The number of hydrogen-bond acceptors (Lipinski definition) is 3. The monoisotopic (exact) mass is 370 g/mol. The number of nitrogens with two attached hydrogens (primary N) is 1. The number of hydrogen-bond donors (Lipinski definition) is 3. The van der Waals surface area contributed by atoms with Gasteiger partial charge in [0, 0.05) is 0 Å². The predicted octanol–water partition coefficient (Wildman–Crippen LogP) is 3.11. The molecule has 0 radical (unpaired) electrons. The Morgan fingerprint density at radius 3 is 2.20 bits per heavy atom. The van der Waals surface area contributed by atoms with Gasteiger partial charge in [-0.1, -0.05) is 38.1 Å². The maximum atomic E-state index is 12.4. The molecule has 1 rings (SSSR count). The SMILES string of the molecule is CC(C)Cc1ccc(C(C)C(=O)NC(CCCCN)C(=O)O)cc1.Cl. The van der Waals surface area contributed by atoms with E-state index in [0.717, 1.165) is 18.4 Å². The molecule has 2 atom stereocenters. The van der Waals surface area contributed by atoms with E-state index in [1.165, 1.54) is 5.56 Å². The number of nitrogens with one attached hydrogen (secondary N) is 1. The zero-order chi connectivity index (χ0) is 18.1. The van der Waals surface area contributed by atoms with Gasteiger partial charge >= 0.3 is 5.97 Å². The summed E-state index contributed by atoms with van der Waals surface area (Å²) in [7, 11) is 0. The van der Waals surface area contributed by atoms with E-state index in [2.05, 4.69) is 19.2 Å². The summed E-state index contributed by atoms with van der Waals surface area (Å²) in [5, 5.41) is 11.9. The summed E-state index contributed by atoms with van der Waals surface area (Å²) in [4.78, 5) is 23.6. The fraction of sp³-hybridized carbons (Fsp3) is 0.579. The summed E-state index contributed by atoms with van der Waals surface area (Å²) < 4.78 is 0. The third-order valence-electron chi connectivity index (χ3n) is 4.08. The number of benzene rings is 1. The highest BCUT2D eigenvalue weighted by molar-refractivity contribution is 5.87. The van der Waals surface area contributed by atoms with Crippen LogP contribution < -0.4 is 11.1 Å². The van der Waals surface area contributed by atoms with Gasteiger partial charge in [-0.15, -0.1) is 12.4 Å². The third kappa shape index (κ3) is 8.36. The number of carbonyl (C=O) groups excluding carboxylic acids is 1. The molecule has 0 aliphatic heterocycles. The van der Waals surface area contributed by atoms with Gasteiger partial charge in [0.15, 0.2) is 0 Å². The number of carbonyl (C=O) groups is 2. The molecule has 0 aliphatic rings. The van der Waals surface area contributed by atoms with Gasteiger partial charge < -0.3 is 16.2 Å². The van der Waals surface area contributed by atoms with Crippen molar-refractivity contribution in [2.45, 2.75) is 58.4 Å². The molecule has 1 aromatic carbocycles. The van der Waals surface area contributed by atoms with E-state index in [0.29, 0.717) is 25.3 Å². The second-order valence-electron chi connectivity index (χ2n) is 6.75. The Morgan fingerprint density at radius 2 is 1.72 bits per heavy atom. The first-order valence-electron chi connectivity index (χ1n) is 8.67. The third-order valence-corrected chi connectivity index (χ3v) is 4.08. The smallest absolute Gasteiger partial charge is 0.326 e. The second kappa shape index (κ2) is 11.9. The standard InChI is InChI=1S/C19H30N2O3.ClH/c1-13(2)12-15-7-9-16(10-8-15)14(3)18(22)21-17(19(23)24)6-4-5-11-20;/h7-10,13-14,17H,4-6,11-12,20H2,1-3H3,(H,21,22)(H,23,24);1H. The summed E-state index contributed by atoms with van der Waals surface area (Å²) in [6, 6.07) is 7.12. The number of carboxylic acids is 1. The Bertz CT molecular complexity index is 532. The summed E-state index contributed by atoms with van der Waals surface area (Å²) in [5.41, 5.74) is 7.56. The number of halogens is 1. The van der Waals surface area contributed by atoms with Gasteiger partial charge in [-0.25, -0.2) is 4.79 Å². The van der Waals surface area contributed by atoms with E-state index in [-0.39, 0.29) is 24.2 Å². The predicted molar refractivity (Wildman–Crippen MR) is 103 cm³/mol. The molecule has 142 valence electrons. The van der Waals surface area contributed by atoms with E-state index in [4.69, 9.17) is 5.73 Å². The largest absolute Gasteiger partial charge is 0.480 e. The molecule has 1 aromatic rings. The Hall–Kier alpha value is -1.59. The fourth-order valence-corrected chi connectivity index (χ4v) is 2.61. The molecule has 5 nitrogen and oxygen atoms in total. The highest BCUT2D eigenvalue weighted by Gasteiger charge is 2.23. The number of unbranched alkanes of at least 4 members (excludes halogenated alkanes) is 1. The van der Waals surface area contributed by atoms with Crippen molar-refractivity contribution in [1.82, 2.24) is 5.32 Å². The van der Waals surface area contributed by atoms with Crippen LogP contribution in [0.15, 0.2) is 24.3 Å². The van der Waals surface area contributed by atoms with Crippen molar-refractivity contribution in [3.05, 3.63) is 35.4 Å². The van der Waals surface area contributed by atoms with Crippen LogP contribution in [0, 0.1) is 5.92 Å². The minimum Gasteiger partial charge on any atom is -0.480 e. The van der Waals surface area contributed by atoms with E-state index < -0.39 is 12.0 Å². The lowest BCUT2D eigenvalue weighted by molar-refractivity contribution is -0.142. The van der Waals surface area contributed by atoms with E-state index in [9.17, 15) is 14.7 Å². The van der Waals surface area contributed by atoms with E-state index in [1.807, 2.05) is 24.3 Å². The Labute approximate surface area is 156 Å². The highest BCUT2D eigenvalue weighted by atomic mass is 35.5. The van der Waals surface area contributed by atoms with Crippen LogP contribution in [0.5, 0.6) is 0 Å². The summed E-state index contributed by atoms with van der Waals surface area (Å²) in [5.74, 6) is -1.05. The minimum atomic E-state index is -1.00. The minimum absolute atomic E-state index is 0. The molecular weight excluding hydrogens is 340 g/mol. The summed E-state index contributed by atoms with van der Waals surface area (Å²) >= 11 is 0. The van der Waals surface area contributed by atoms with Gasteiger partial charge in [-0.2, -0.15) is 0 Å². The lowest BCUT2D eigenvalue weighted by Crippen LogP contribution is -2.42. The van der Waals surface area contributed by atoms with Gasteiger partial charge in [-0.3, -0.25) is 4.79 Å². The van der Waals surface area contributed by atoms with Crippen molar-refractivity contribution >= 4 is 24.3 Å². The molecule has 2 unspecified atom stereocenters. The van der Waals surface area contributed by atoms with Crippen LogP contribution in [0.1, 0.15) is 57.1 Å². The van der Waals surface area contributed by atoms with Gasteiger partial charge in [0.1, 0.15) is 6.04 Å². The fourth-order valence-electron chi connectivity index (χ4n) is 2.61. The molecule has 0 heterocycles. The van der Waals surface area contributed by atoms with Gasteiger partial charge in [0.2, 0.25) is 5.91 Å². The normalized spacial score (nSPS) is 13.0. The molecule has 0 fully saturated rings. The molecule has 0 spiro atoms. The molecule has 0 aromatic heterocycles. The molecule has 6 heteroatoms. The quantitative estimate of drug-likeness (QED) is 0.552. The molecule has 25 heavy (non-hydrogen) atoms.